The Balaban J connectivity index is 1.48. The van der Waals surface area contributed by atoms with Crippen LogP contribution >= 0.6 is 0 Å². The molecule has 7 heteroatoms. The SMILES string of the molecule is CCCN1CC(C(=O)N2CCCN(CCn3ccnc3)CC2)CCC1=O. The van der Waals surface area contributed by atoms with Crippen LogP contribution in [0.5, 0.6) is 0 Å². The van der Waals surface area contributed by atoms with Crippen LogP contribution in [0.4, 0.5) is 0 Å². The van der Waals surface area contributed by atoms with E-state index in [9.17, 15) is 9.59 Å². The van der Waals surface area contributed by atoms with Gasteiger partial charge in [0.1, 0.15) is 0 Å². The third-order valence-electron chi connectivity index (χ3n) is 5.48. The lowest BCUT2D eigenvalue weighted by atomic mass is 9.95. The van der Waals surface area contributed by atoms with Crippen molar-refractivity contribution in [1.82, 2.24) is 24.3 Å². The van der Waals surface area contributed by atoms with Gasteiger partial charge in [-0.25, -0.2) is 4.98 Å². The zero-order valence-electron chi connectivity index (χ0n) is 15.8. The first kappa shape index (κ1) is 18.9. The van der Waals surface area contributed by atoms with Gasteiger partial charge in [0, 0.05) is 64.6 Å². The number of carbonyl (C=O) groups is 2. The van der Waals surface area contributed by atoms with Crippen LogP contribution in [0.25, 0.3) is 0 Å². The number of piperidine rings is 1. The molecule has 2 amide bonds. The number of hydrogen-bond donors (Lipinski definition) is 0. The van der Waals surface area contributed by atoms with Gasteiger partial charge in [-0.2, -0.15) is 0 Å². The Bertz CT molecular complexity index is 589. The second kappa shape index (κ2) is 9.16. The molecule has 0 radical (unpaired) electrons. The lowest BCUT2D eigenvalue weighted by Crippen LogP contribution is -2.48. The standard InChI is InChI=1S/C19H31N5O2/c1-2-7-24-15-17(4-5-18(24)25)19(26)23-9-3-8-21(13-14-23)11-12-22-10-6-20-16-22/h6,10,16-17H,2-5,7-9,11-15H2,1H3. The molecule has 1 aromatic heterocycles. The number of nitrogens with zero attached hydrogens (tertiary/aromatic N) is 5. The largest absolute Gasteiger partial charge is 0.342 e. The Labute approximate surface area is 156 Å². The van der Waals surface area contributed by atoms with Crippen molar-refractivity contribution in [2.75, 3.05) is 45.8 Å². The number of amides is 2. The molecule has 3 rings (SSSR count). The maximum absolute atomic E-state index is 13.0. The van der Waals surface area contributed by atoms with E-state index in [-0.39, 0.29) is 17.7 Å². The van der Waals surface area contributed by atoms with Gasteiger partial charge in [0.05, 0.1) is 12.2 Å². The number of imidazole rings is 1. The van der Waals surface area contributed by atoms with Gasteiger partial charge in [-0.05, 0) is 25.8 Å². The molecule has 144 valence electrons. The minimum Gasteiger partial charge on any atom is -0.342 e. The molecule has 2 fully saturated rings. The van der Waals surface area contributed by atoms with E-state index in [0.717, 1.165) is 58.7 Å². The molecule has 1 atom stereocenters. The molecule has 3 heterocycles. The van der Waals surface area contributed by atoms with Crippen LogP contribution in [0.15, 0.2) is 18.7 Å². The normalized spacial score (nSPS) is 22.5. The molecule has 2 aliphatic heterocycles. The van der Waals surface area contributed by atoms with Crippen molar-refractivity contribution < 1.29 is 9.59 Å². The number of aromatic nitrogens is 2. The van der Waals surface area contributed by atoms with E-state index in [1.807, 2.05) is 22.3 Å². The van der Waals surface area contributed by atoms with E-state index in [4.69, 9.17) is 0 Å². The summed E-state index contributed by atoms with van der Waals surface area (Å²) in [5, 5.41) is 0. The van der Waals surface area contributed by atoms with Crippen molar-refractivity contribution >= 4 is 11.8 Å². The van der Waals surface area contributed by atoms with Crippen LogP contribution in [0.2, 0.25) is 0 Å². The molecule has 0 aromatic carbocycles. The van der Waals surface area contributed by atoms with E-state index in [2.05, 4.69) is 21.4 Å². The monoisotopic (exact) mass is 361 g/mol. The first-order valence-electron chi connectivity index (χ1n) is 9.92. The highest BCUT2D eigenvalue weighted by molar-refractivity contribution is 5.84. The van der Waals surface area contributed by atoms with Crippen LogP contribution in [-0.2, 0) is 16.1 Å². The summed E-state index contributed by atoms with van der Waals surface area (Å²) in [5.74, 6) is 0.434. The molecule has 1 unspecified atom stereocenters. The summed E-state index contributed by atoms with van der Waals surface area (Å²) in [5.41, 5.74) is 0. The highest BCUT2D eigenvalue weighted by Crippen LogP contribution is 2.21. The molecule has 26 heavy (non-hydrogen) atoms. The van der Waals surface area contributed by atoms with Crippen LogP contribution in [-0.4, -0.2) is 81.9 Å². The number of likely N-dealkylation sites (tertiary alicyclic amines) is 1. The van der Waals surface area contributed by atoms with E-state index < -0.39 is 0 Å². The summed E-state index contributed by atoms with van der Waals surface area (Å²) < 4.78 is 2.09. The quantitative estimate of drug-likeness (QED) is 0.760. The number of hydrogen-bond acceptors (Lipinski definition) is 4. The highest BCUT2D eigenvalue weighted by Gasteiger charge is 2.32. The van der Waals surface area contributed by atoms with Gasteiger partial charge in [-0.15, -0.1) is 0 Å². The van der Waals surface area contributed by atoms with E-state index in [0.29, 0.717) is 19.4 Å². The van der Waals surface area contributed by atoms with Gasteiger partial charge >= 0.3 is 0 Å². The molecule has 0 spiro atoms. The average molecular weight is 361 g/mol. The Morgan fingerprint density at radius 2 is 2.08 bits per heavy atom. The van der Waals surface area contributed by atoms with Crippen molar-refractivity contribution in [3.05, 3.63) is 18.7 Å². The third kappa shape index (κ3) is 4.84. The maximum atomic E-state index is 13.0. The van der Waals surface area contributed by atoms with Gasteiger partial charge in [0.25, 0.3) is 0 Å². The van der Waals surface area contributed by atoms with Crippen molar-refractivity contribution in [3.8, 4) is 0 Å². The molecule has 0 N–H and O–H groups in total. The lowest BCUT2D eigenvalue weighted by Gasteiger charge is -2.34. The number of carbonyl (C=O) groups excluding carboxylic acids is 2. The zero-order chi connectivity index (χ0) is 18.4. The summed E-state index contributed by atoms with van der Waals surface area (Å²) in [6.07, 6.45) is 8.82. The van der Waals surface area contributed by atoms with E-state index >= 15 is 0 Å². The number of rotatable bonds is 6. The molecule has 0 aliphatic carbocycles. The summed E-state index contributed by atoms with van der Waals surface area (Å²) in [6, 6.07) is 0. The minimum atomic E-state index is -0.0169. The highest BCUT2D eigenvalue weighted by atomic mass is 16.2. The molecular formula is C19H31N5O2. The molecular weight excluding hydrogens is 330 g/mol. The molecule has 0 bridgehead atoms. The predicted octanol–water partition coefficient (Wildman–Crippen LogP) is 1.07. The lowest BCUT2D eigenvalue weighted by molar-refractivity contribution is -0.143. The molecule has 0 saturated carbocycles. The van der Waals surface area contributed by atoms with Crippen molar-refractivity contribution in [2.24, 2.45) is 5.92 Å². The first-order valence-corrected chi connectivity index (χ1v) is 9.92. The second-order valence-corrected chi connectivity index (χ2v) is 7.40. The van der Waals surface area contributed by atoms with Gasteiger partial charge in [-0.1, -0.05) is 6.92 Å². The zero-order valence-corrected chi connectivity index (χ0v) is 15.8. The Morgan fingerprint density at radius 3 is 2.85 bits per heavy atom. The Kier molecular flexibility index (Phi) is 6.66. The minimum absolute atomic E-state index is 0.0169. The Morgan fingerprint density at radius 1 is 1.19 bits per heavy atom. The maximum Gasteiger partial charge on any atom is 0.227 e. The topological polar surface area (TPSA) is 61.7 Å². The predicted molar refractivity (Wildman–Crippen MR) is 99.5 cm³/mol. The van der Waals surface area contributed by atoms with Crippen molar-refractivity contribution in [1.29, 1.82) is 0 Å². The fraction of sp³-hybridized carbons (Fsp3) is 0.737. The van der Waals surface area contributed by atoms with Crippen LogP contribution < -0.4 is 0 Å². The summed E-state index contributed by atoms with van der Waals surface area (Å²) >= 11 is 0. The van der Waals surface area contributed by atoms with Crippen LogP contribution in [0.1, 0.15) is 32.6 Å². The fourth-order valence-electron chi connectivity index (χ4n) is 3.95. The van der Waals surface area contributed by atoms with Gasteiger partial charge in [-0.3, -0.25) is 14.5 Å². The van der Waals surface area contributed by atoms with E-state index in [1.165, 1.54) is 0 Å². The molecule has 2 saturated heterocycles. The summed E-state index contributed by atoms with van der Waals surface area (Å²) in [6.45, 7) is 8.95. The molecule has 2 aliphatic rings. The summed E-state index contributed by atoms with van der Waals surface area (Å²) in [4.78, 5) is 35.4. The van der Waals surface area contributed by atoms with Gasteiger partial charge < -0.3 is 14.4 Å². The fourth-order valence-corrected chi connectivity index (χ4v) is 3.95. The van der Waals surface area contributed by atoms with Crippen LogP contribution in [0.3, 0.4) is 0 Å². The molecule has 1 aromatic rings. The third-order valence-corrected chi connectivity index (χ3v) is 5.48. The van der Waals surface area contributed by atoms with Crippen molar-refractivity contribution in [3.63, 3.8) is 0 Å². The first-order chi connectivity index (χ1) is 12.7. The second-order valence-electron chi connectivity index (χ2n) is 7.40. The smallest absolute Gasteiger partial charge is 0.227 e. The van der Waals surface area contributed by atoms with Gasteiger partial charge in [0.15, 0.2) is 0 Å². The van der Waals surface area contributed by atoms with Gasteiger partial charge in [0.2, 0.25) is 11.8 Å². The molecule has 7 nitrogen and oxygen atoms in total. The Hall–Kier alpha value is -1.89. The average Bonchev–Trinajstić information content (AvgIpc) is 3.06. The summed E-state index contributed by atoms with van der Waals surface area (Å²) in [7, 11) is 0. The van der Waals surface area contributed by atoms with Crippen molar-refractivity contribution in [2.45, 2.75) is 39.2 Å². The van der Waals surface area contributed by atoms with E-state index in [1.54, 1.807) is 6.20 Å². The van der Waals surface area contributed by atoms with Crippen LogP contribution in [0, 0.1) is 5.92 Å².